The van der Waals surface area contributed by atoms with E-state index in [0.29, 0.717) is 37.2 Å². The highest BCUT2D eigenvalue weighted by Gasteiger charge is 2.25. The van der Waals surface area contributed by atoms with Crippen molar-refractivity contribution >= 4 is 27.3 Å². The Labute approximate surface area is 179 Å². The average molecular weight is 450 g/mol. The fraction of sp³-hybridized carbons (Fsp3) is 0.350. The van der Waals surface area contributed by atoms with Crippen molar-refractivity contribution in [2.75, 3.05) is 25.0 Å². The molecule has 0 atom stereocenters. The van der Waals surface area contributed by atoms with Crippen LogP contribution >= 0.6 is 0 Å². The summed E-state index contributed by atoms with van der Waals surface area (Å²) >= 11 is 0. The number of carbonyl (C=O) groups excluding carboxylic acids is 1. The molecule has 0 bridgehead atoms. The second-order valence-electron chi connectivity index (χ2n) is 7.43. The third-order valence-electron chi connectivity index (χ3n) is 5.11. The molecular formula is C20H23FN4O5S. The molecule has 0 radical (unpaired) electrons. The second kappa shape index (κ2) is 9.50. The number of benzene rings is 2. The van der Waals surface area contributed by atoms with Crippen molar-refractivity contribution in [2.24, 2.45) is 0 Å². The van der Waals surface area contributed by atoms with E-state index in [4.69, 9.17) is 0 Å². The fourth-order valence-electron chi connectivity index (χ4n) is 3.36. The number of hydrogen-bond donors (Lipinski definition) is 2. The summed E-state index contributed by atoms with van der Waals surface area (Å²) in [6, 6.07) is 8.62. The highest BCUT2D eigenvalue weighted by atomic mass is 32.2. The summed E-state index contributed by atoms with van der Waals surface area (Å²) in [5, 5.41) is 13.6. The van der Waals surface area contributed by atoms with Gasteiger partial charge in [0.25, 0.3) is 5.69 Å². The summed E-state index contributed by atoms with van der Waals surface area (Å²) in [4.78, 5) is 24.7. The van der Waals surface area contributed by atoms with Gasteiger partial charge in [0, 0.05) is 31.3 Å². The lowest BCUT2D eigenvalue weighted by molar-refractivity contribution is -0.384. The van der Waals surface area contributed by atoms with Crippen molar-refractivity contribution in [3.63, 3.8) is 0 Å². The van der Waals surface area contributed by atoms with Gasteiger partial charge in [0.2, 0.25) is 15.9 Å². The maximum Gasteiger partial charge on any atom is 0.271 e. The van der Waals surface area contributed by atoms with Crippen molar-refractivity contribution < 1.29 is 22.5 Å². The number of anilines is 1. The number of non-ortho nitro benzene ring substituents is 1. The molecule has 2 N–H and O–H groups in total. The molecule has 1 aliphatic rings. The Hall–Kier alpha value is -2.89. The minimum Gasteiger partial charge on any atom is -0.324 e. The van der Waals surface area contributed by atoms with Crippen LogP contribution in [0.3, 0.4) is 0 Å². The molecule has 1 amide bonds. The molecule has 11 heteroatoms. The maximum atomic E-state index is 13.0. The number of halogens is 1. The maximum absolute atomic E-state index is 13.0. The summed E-state index contributed by atoms with van der Waals surface area (Å²) in [6.07, 6.45) is 1.03. The summed E-state index contributed by atoms with van der Waals surface area (Å²) in [6.45, 7) is 2.87. The van der Waals surface area contributed by atoms with E-state index in [2.05, 4.69) is 10.0 Å². The van der Waals surface area contributed by atoms with Gasteiger partial charge in [0.15, 0.2) is 0 Å². The number of nitro groups is 1. The first kappa shape index (κ1) is 22.8. The summed E-state index contributed by atoms with van der Waals surface area (Å²) in [7, 11) is -3.74. The Morgan fingerprint density at radius 3 is 2.45 bits per heavy atom. The van der Waals surface area contributed by atoms with Crippen LogP contribution < -0.4 is 10.0 Å². The van der Waals surface area contributed by atoms with E-state index in [1.807, 2.05) is 4.90 Å². The van der Waals surface area contributed by atoms with Crippen LogP contribution in [0.4, 0.5) is 15.8 Å². The fourth-order valence-corrected chi connectivity index (χ4v) is 4.67. The van der Waals surface area contributed by atoms with Crippen LogP contribution in [0.5, 0.6) is 0 Å². The lowest BCUT2D eigenvalue weighted by Crippen LogP contribution is -2.46. The number of sulfonamides is 1. The Kier molecular flexibility index (Phi) is 6.98. The molecule has 2 aromatic carbocycles. The van der Waals surface area contributed by atoms with Crippen molar-refractivity contribution in [3.8, 4) is 0 Å². The Morgan fingerprint density at radius 1 is 1.19 bits per heavy atom. The number of nitrogens with zero attached hydrogens (tertiary/aromatic N) is 2. The van der Waals surface area contributed by atoms with Crippen molar-refractivity contribution in [1.82, 2.24) is 9.62 Å². The normalized spacial score (nSPS) is 15.5. The zero-order valence-electron chi connectivity index (χ0n) is 16.9. The number of rotatable bonds is 7. The largest absolute Gasteiger partial charge is 0.324 e. The molecule has 31 heavy (non-hydrogen) atoms. The third-order valence-corrected chi connectivity index (χ3v) is 6.64. The average Bonchev–Trinajstić information content (AvgIpc) is 2.71. The van der Waals surface area contributed by atoms with Crippen molar-refractivity contribution in [3.05, 3.63) is 64.0 Å². The molecule has 166 valence electrons. The standard InChI is InChI=1S/C20H23FN4O5S/c1-14-2-5-17(25(27)28)12-19(14)22-20(26)13-24-10-8-16(9-11-24)23-31(29,30)18-6-3-15(21)4-7-18/h2-7,12,16,23H,8-11,13H2,1H3,(H,22,26). The molecule has 0 aromatic heterocycles. The summed E-state index contributed by atoms with van der Waals surface area (Å²) in [5.74, 6) is -0.806. The van der Waals surface area contributed by atoms with Crippen molar-refractivity contribution in [2.45, 2.75) is 30.7 Å². The number of aryl methyl sites for hydroxylation is 1. The molecule has 0 saturated carbocycles. The number of hydrogen-bond acceptors (Lipinski definition) is 6. The molecule has 1 saturated heterocycles. The van der Waals surface area contributed by atoms with E-state index < -0.39 is 20.8 Å². The first-order chi connectivity index (χ1) is 14.6. The third kappa shape index (κ3) is 6.06. The number of nitro benzene ring substituents is 1. The van der Waals surface area contributed by atoms with E-state index in [1.54, 1.807) is 13.0 Å². The van der Waals surface area contributed by atoms with Crippen LogP contribution in [0.1, 0.15) is 18.4 Å². The smallest absolute Gasteiger partial charge is 0.271 e. The van der Waals surface area contributed by atoms with Gasteiger partial charge >= 0.3 is 0 Å². The SMILES string of the molecule is Cc1ccc([N+](=O)[O-])cc1NC(=O)CN1CCC(NS(=O)(=O)c2ccc(F)cc2)CC1. The van der Waals surface area contributed by atoms with Gasteiger partial charge in [0.1, 0.15) is 5.82 Å². The van der Waals surface area contributed by atoms with Crippen LogP contribution in [-0.4, -0.2) is 49.8 Å². The van der Waals surface area contributed by atoms with Crippen LogP contribution in [0.15, 0.2) is 47.4 Å². The second-order valence-corrected chi connectivity index (χ2v) is 9.14. The van der Waals surface area contributed by atoms with Crippen molar-refractivity contribution in [1.29, 1.82) is 0 Å². The lowest BCUT2D eigenvalue weighted by atomic mass is 10.1. The number of piperidine rings is 1. The molecule has 9 nitrogen and oxygen atoms in total. The Bertz CT molecular complexity index is 1070. The molecule has 1 heterocycles. The molecule has 1 aliphatic heterocycles. The van der Waals surface area contributed by atoms with E-state index in [0.717, 1.165) is 12.1 Å². The molecule has 0 spiro atoms. The number of nitrogens with one attached hydrogen (secondary N) is 2. The predicted molar refractivity (Wildman–Crippen MR) is 113 cm³/mol. The first-order valence-corrected chi connectivity index (χ1v) is 11.2. The molecule has 0 unspecified atom stereocenters. The van der Waals surface area contributed by atoms with Gasteiger partial charge in [-0.05, 0) is 49.6 Å². The van der Waals surface area contributed by atoms with Crippen LogP contribution in [0, 0.1) is 22.9 Å². The lowest BCUT2D eigenvalue weighted by Gasteiger charge is -2.31. The highest BCUT2D eigenvalue weighted by Crippen LogP contribution is 2.22. The van der Waals surface area contributed by atoms with Gasteiger partial charge in [0.05, 0.1) is 22.1 Å². The van der Waals surface area contributed by atoms with Gasteiger partial charge in [-0.2, -0.15) is 0 Å². The minimum atomic E-state index is -3.74. The van der Waals surface area contributed by atoms with Crippen LogP contribution in [0.2, 0.25) is 0 Å². The van der Waals surface area contributed by atoms with Crippen LogP contribution in [-0.2, 0) is 14.8 Å². The molecule has 1 fully saturated rings. The number of likely N-dealkylation sites (tertiary alicyclic amines) is 1. The van der Waals surface area contributed by atoms with Crippen LogP contribution in [0.25, 0.3) is 0 Å². The topological polar surface area (TPSA) is 122 Å². The Balaban J connectivity index is 1.51. The molecule has 2 aromatic rings. The quantitative estimate of drug-likeness (QED) is 0.494. The van der Waals surface area contributed by atoms with E-state index >= 15 is 0 Å². The summed E-state index contributed by atoms with van der Waals surface area (Å²) < 4.78 is 40.5. The molecular weight excluding hydrogens is 427 g/mol. The monoisotopic (exact) mass is 450 g/mol. The zero-order chi connectivity index (χ0) is 22.6. The molecule has 3 rings (SSSR count). The summed E-state index contributed by atoms with van der Waals surface area (Å²) in [5.41, 5.74) is 1.00. The van der Waals surface area contributed by atoms with E-state index in [1.165, 1.54) is 24.3 Å². The number of carbonyl (C=O) groups is 1. The molecule has 0 aliphatic carbocycles. The van der Waals surface area contributed by atoms with Gasteiger partial charge in [-0.3, -0.25) is 19.8 Å². The zero-order valence-corrected chi connectivity index (χ0v) is 17.7. The highest BCUT2D eigenvalue weighted by molar-refractivity contribution is 7.89. The van der Waals surface area contributed by atoms with E-state index in [9.17, 15) is 27.7 Å². The van der Waals surface area contributed by atoms with E-state index in [-0.39, 0.29) is 29.1 Å². The minimum absolute atomic E-state index is 0.00281. The first-order valence-electron chi connectivity index (χ1n) is 9.69. The van der Waals surface area contributed by atoms with Gasteiger partial charge < -0.3 is 5.32 Å². The number of amides is 1. The van der Waals surface area contributed by atoms with Gasteiger partial charge in [-0.15, -0.1) is 0 Å². The predicted octanol–water partition coefficient (Wildman–Crippen LogP) is 2.42. The van der Waals surface area contributed by atoms with Gasteiger partial charge in [-0.1, -0.05) is 6.07 Å². The Morgan fingerprint density at radius 2 is 1.84 bits per heavy atom. The van der Waals surface area contributed by atoms with Gasteiger partial charge in [-0.25, -0.2) is 17.5 Å².